The summed E-state index contributed by atoms with van der Waals surface area (Å²) in [6.07, 6.45) is 3.24. The first-order chi connectivity index (χ1) is 11.8. The molecule has 0 aliphatic rings. The van der Waals surface area contributed by atoms with Gasteiger partial charge in [0.25, 0.3) is 5.91 Å². The molecule has 116 valence electrons. The molecule has 0 radical (unpaired) electrons. The second-order valence-electron chi connectivity index (χ2n) is 5.31. The van der Waals surface area contributed by atoms with E-state index in [4.69, 9.17) is 0 Å². The maximum Gasteiger partial charge on any atom is 0.261 e. The Hall–Kier alpha value is -3.47. The van der Waals surface area contributed by atoms with Crippen LogP contribution in [0.5, 0.6) is 0 Å². The van der Waals surface area contributed by atoms with Crippen LogP contribution in [0.25, 0.3) is 16.9 Å². The summed E-state index contributed by atoms with van der Waals surface area (Å²) in [7, 11) is 0. The predicted molar refractivity (Wildman–Crippen MR) is 92.8 cm³/mol. The van der Waals surface area contributed by atoms with E-state index < -0.39 is 0 Å². The summed E-state index contributed by atoms with van der Waals surface area (Å²) in [4.78, 5) is 16.9. The molecular formula is C19H14N4O. The molecule has 24 heavy (non-hydrogen) atoms. The average molecular weight is 314 g/mol. The minimum Gasteiger partial charge on any atom is -0.322 e. The fraction of sp³-hybridized carbons (Fsp3) is 0. The molecule has 2 heterocycles. The van der Waals surface area contributed by atoms with Gasteiger partial charge in [-0.3, -0.25) is 4.79 Å². The Balaban J connectivity index is 1.75. The van der Waals surface area contributed by atoms with Crippen molar-refractivity contribution in [2.75, 3.05) is 5.32 Å². The molecule has 2 aromatic carbocycles. The number of aromatic nitrogens is 3. The van der Waals surface area contributed by atoms with E-state index in [1.807, 2.05) is 66.7 Å². The Labute approximate surface area is 138 Å². The Kier molecular flexibility index (Phi) is 3.51. The van der Waals surface area contributed by atoms with E-state index in [1.165, 1.54) is 0 Å². The lowest BCUT2D eigenvalue weighted by molar-refractivity contribution is 0.102. The van der Waals surface area contributed by atoms with E-state index >= 15 is 0 Å². The van der Waals surface area contributed by atoms with E-state index in [1.54, 1.807) is 16.9 Å². The van der Waals surface area contributed by atoms with Gasteiger partial charge in [0.05, 0.1) is 11.9 Å². The van der Waals surface area contributed by atoms with Crippen LogP contribution in [0, 0.1) is 0 Å². The van der Waals surface area contributed by atoms with Gasteiger partial charge in [-0.15, -0.1) is 0 Å². The number of anilines is 1. The molecule has 4 rings (SSSR count). The van der Waals surface area contributed by atoms with E-state index in [-0.39, 0.29) is 5.91 Å². The van der Waals surface area contributed by atoms with Gasteiger partial charge in [0.2, 0.25) is 0 Å². The van der Waals surface area contributed by atoms with Crippen molar-refractivity contribution in [3.63, 3.8) is 0 Å². The lowest BCUT2D eigenvalue weighted by Gasteiger charge is -2.05. The molecular weight excluding hydrogens is 300 g/mol. The third-order valence-electron chi connectivity index (χ3n) is 3.75. The zero-order chi connectivity index (χ0) is 16.4. The summed E-state index contributed by atoms with van der Waals surface area (Å²) in [5, 5.41) is 7.21. The Morgan fingerprint density at radius 2 is 1.62 bits per heavy atom. The van der Waals surface area contributed by atoms with Crippen molar-refractivity contribution in [3.05, 3.63) is 84.7 Å². The van der Waals surface area contributed by atoms with Gasteiger partial charge in [-0.05, 0) is 18.2 Å². The van der Waals surface area contributed by atoms with Gasteiger partial charge in [0, 0.05) is 17.4 Å². The average Bonchev–Trinajstić information content (AvgIpc) is 3.07. The third-order valence-corrected chi connectivity index (χ3v) is 3.75. The van der Waals surface area contributed by atoms with Crippen molar-refractivity contribution in [1.82, 2.24) is 14.6 Å². The topological polar surface area (TPSA) is 59.3 Å². The molecule has 0 spiro atoms. The minimum atomic E-state index is -0.228. The summed E-state index contributed by atoms with van der Waals surface area (Å²) in [5.74, 6) is -0.228. The van der Waals surface area contributed by atoms with Crippen molar-refractivity contribution in [3.8, 4) is 11.3 Å². The fourth-order valence-electron chi connectivity index (χ4n) is 2.60. The molecule has 1 N–H and O–H groups in total. The van der Waals surface area contributed by atoms with Gasteiger partial charge in [-0.1, -0.05) is 48.5 Å². The number of fused-ring (bicyclic) bond motifs is 1. The largest absolute Gasteiger partial charge is 0.322 e. The highest BCUT2D eigenvalue weighted by Crippen LogP contribution is 2.21. The zero-order valence-electron chi connectivity index (χ0n) is 12.8. The van der Waals surface area contributed by atoms with E-state index in [0.717, 1.165) is 16.9 Å². The Bertz CT molecular complexity index is 994. The molecule has 4 aromatic rings. The molecule has 0 atom stereocenters. The first kappa shape index (κ1) is 14.1. The van der Waals surface area contributed by atoms with E-state index in [0.29, 0.717) is 11.2 Å². The highest BCUT2D eigenvalue weighted by molar-refractivity contribution is 6.08. The number of nitrogens with zero attached hydrogens (tertiary/aromatic N) is 3. The number of amides is 1. The molecule has 1 amide bonds. The smallest absolute Gasteiger partial charge is 0.261 e. The van der Waals surface area contributed by atoms with Crippen LogP contribution in [0.4, 0.5) is 5.69 Å². The van der Waals surface area contributed by atoms with Gasteiger partial charge in [-0.2, -0.15) is 5.10 Å². The van der Waals surface area contributed by atoms with E-state index in [9.17, 15) is 4.79 Å². The Morgan fingerprint density at radius 3 is 2.38 bits per heavy atom. The summed E-state index contributed by atoms with van der Waals surface area (Å²) in [5.41, 5.74) is 3.62. The van der Waals surface area contributed by atoms with Crippen molar-refractivity contribution >= 4 is 17.2 Å². The molecule has 2 aromatic heterocycles. The minimum absolute atomic E-state index is 0.228. The lowest BCUT2D eigenvalue weighted by Crippen LogP contribution is -2.12. The van der Waals surface area contributed by atoms with Gasteiger partial charge in [0.1, 0.15) is 5.56 Å². The lowest BCUT2D eigenvalue weighted by atomic mass is 10.1. The Morgan fingerprint density at radius 1 is 0.917 bits per heavy atom. The molecule has 0 aliphatic carbocycles. The normalized spacial score (nSPS) is 10.7. The molecule has 0 bridgehead atoms. The summed E-state index contributed by atoms with van der Waals surface area (Å²) < 4.78 is 1.69. The summed E-state index contributed by atoms with van der Waals surface area (Å²) >= 11 is 0. The maximum absolute atomic E-state index is 12.5. The monoisotopic (exact) mass is 314 g/mol. The van der Waals surface area contributed by atoms with Crippen LogP contribution in [0.1, 0.15) is 10.4 Å². The van der Waals surface area contributed by atoms with Crippen LogP contribution in [0.15, 0.2) is 79.1 Å². The standard InChI is InChI=1S/C19H14N4O/c24-19(22-15-9-5-2-6-10-15)16-13-21-23-17(11-12-20-18(16)23)14-7-3-1-4-8-14/h1-13H,(H,22,24). The van der Waals surface area contributed by atoms with Crippen molar-refractivity contribution in [1.29, 1.82) is 0 Å². The van der Waals surface area contributed by atoms with Crippen LogP contribution >= 0.6 is 0 Å². The third kappa shape index (κ3) is 2.52. The molecule has 5 heteroatoms. The predicted octanol–water partition coefficient (Wildman–Crippen LogP) is 3.65. The van der Waals surface area contributed by atoms with Gasteiger partial charge >= 0.3 is 0 Å². The van der Waals surface area contributed by atoms with Crippen LogP contribution in [-0.2, 0) is 0 Å². The highest BCUT2D eigenvalue weighted by Gasteiger charge is 2.16. The first-order valence-corrected chi connectivity index (χ1v) is 7.57. The van der Waals surface area contributed by atoms with Crippen LogP contribution in [0.2, 0.25) is 0 Å². The van der Waals surface area contributed by atoms with Crippen LogP contribution in [0.3, 0.4) is 0 Å². The number of hydrogen-bond acceptors (Lipinski definition) is 3. The SMILES string of the molecule is O=C(Nc1ccccc1)c1cnn2c(-c3ccccc3)ccnc12. The molecule has 0 saturated heterocycles. The molecule has 0 unspecified atom stereocenters. The van der Waals surface area contributed by atoms with Gasteiger partial charge < -0.3 is 5.32 Å². The van der Waals surface area contributed by atoms with Crippen molar-refractivity contribution in [2.45, 2.75) is 0 Å². The summed E-state index contributed by atoms with van der Waals surface area (Å²) in [6, 6.07) is 21.1. The first-order valence-electron chi connectivity index (χ1n) is 7.57. The van der Waals surface area contributed by atoms with Gasteiger partial charge in [-0.25, -0.2) is 9.50 Å². The number of para-hydroxylation sites is 1. The molecule has 0 aliphatic heterocycles. The number of carbonyl (C=O) groups excluding carboxylic acids is 1. The van der Waals surface area contributed by atoms with E-state index in [2.05, 4.69) is 15.4 Å². The maximum atomic E-state index is 12.5. The quantitative estimate of drug-likeness (QED) is 0.628. The summed E-state index contributed by atoms with van der Waals surface area (Å²) in [6.45, 7) is 0. The second-order valence-corrected chi connectivity index (χ2v) is 5.31. The highest BCUT2D eigenvalue weighted by atomic mass is 16.1. The number of nitrogens with one attached hydrogen (secondary N) is 1. The van der Waals surface area contributed by atoms with Crippen LogP contribution < -0.4 is 5.32 Å². The molecule has 0 saturated carbocycles. The van der Waals surface area contributed by atoms with Crippen molar-refractivity contribution < 1.29 is 4.79 Å². The fourth-order valence-corrected chi connectivity index (χ4v) is 2.60. The van der Waals surface area contributed by atoms with Crippen molar-refractivity contribution in [2.24, 2.45) is 0 Å². The van der Waals surface area contributed by atoms with Gasteiger partial charge in [0.15, 0.2) is 5.65 Å². The van der Waals surface area contributed by atoms with Crippen LogP contribution in [-0.4, -0.2) is 20.5 Å². The zero-order valence-corrected chi connectivity index (χ0v) is 12.8. The molecule has 5 nitrogen and oxygen atoms in total. The second kappa shape index (κ2) is 5.96. The molecule has 0 fully saturated rings. The number of benzene rings is 2. The number of rotatable bonds is 3. The number of hydrogen-bond donors (Lipinski definition) is 1. The number of carbonyl (C=O) groups is 1.